The van der Waals surface area contributed by atoms with Gasteiger partial charge in [-0.1, -0.05) is 29.5 Å². The molecule has 3 rings (SSSR count). The number of fused-ring (bicyclic) bond motifs is 1. The second kappa shape index (κ2) is 6.37. The molecule has 2 heterocycles. The first kappa shape index (κ1) is 13.6. The Morgan fingerprint density at radius 3 is 3.15 bits per heavy atom. The molecule has 0 saturated carbocycles. The van der Waals surface area contributed by atoms with Crippen molar-refractivity contribution < 1.29 is 4.74 Å². The summed E-state index contributed by atoms with van der Waals surface area (Å²) in [5.74, 6) is 0.659. The van der Waals surface area contributed by atoms with E-state index in [2.05, 4.69) is 34.6 Å². The van der Waals surface area contributed by atoms with Gasteiger partial charge in [-0.05, 0) is 30.4 Å². The summed E-state index contributed by atoms with van der Waals surface area (Å²) in [5, 5.41) is 8.35. The van der Waals surface area contributed by atoms with E-state index in [1.165, 1.54) is 11.1 Å². The largest absolute Gasteiger partial charge is 0.371 e. The smallest absolute Gasteiger partial charge is 0.102 e. The molecule has 5 heteroatoms. The lowest BCUT2D eigenvalue weighted by Gasteiger charge is -2.25. The van der Waals surface area contributed by atoms with Gasteiger partial charge in [0.25, 0.3) is 0 Å². The molecule has 4 nitrogen and oxygen atoms in total. The fourth-order valence-electron chi connectivity index (χ4n) is 2.59. The Morgan fingerprint density at radius 2 is 2.25 bits per heavy atom. The number of halogens is 1. The minimum Gasteiger partial charge on any atom is -0.371 e. The van der Waals surface area contributed by atoms with E-state index in [0.717, 1.165) is 31.6 Å². The summed E-state index contributed by atoms with van der Waals surface area (Å²) in [7, 11) is 0. The predicted octanol–water partition coefficient (Wildman–Crippen LogP) is 2.76. The third-order valence-electron chi connectivity index (χ3n) is 3.60. The molecule has 0 radical (unpaired) electrons. The Bertz CT molecular complexity index is 570. The summed E-state index contributed by atoms with van der Waals surface area (Å²) < 4.78 is 7.76. The van der Waals surface area contributed by atoms with Crippen LogP contribution in [0.3, 0.4) is 0 Å². The van der Waals surface area contributed by atoms with Crippen LogP contribution in [0.4, 0.5) is 0 Å². The molecule has 1 unspecified atom stereocenters. The van der Waals surface area contributed by atoms with Crippen LogP contribution in [0.1, 0.15) is 29.3 Å². The standard InChI is InChI=1S/C15H18ClN3O/c16-8-3-5-13-10-19(18-17-13)11-15-14-6-2-1-4-12(14)7-9-20-15/h1-2,4,6,10,15H,3,5,7-9,11H2. The van der Waals surface area contributed by atoms with Crippen LogP contribution in [0.15, 0.2) is 30.5 Å². The normalized spacial score (nSPS) is 17.9. The fourth-order valence-corrected chi connectivity index (χ4v) is 2.72. The highest BCUT2D eigenvalue weighted by molar-refractivity contribution is 6.17. The van der Waals surface area contributed by atoms with Crippen LogP contribution in [0.25, 0.3) is 0 Å². The number of hydrogen-bond donors (Lipinski definition) is 0. The van der Waals surface area contributed by atoms with Crippen molar-refractivity contribution in [1.29, 1.82) is 0 Å². The number of benzene rings is 1. The van der Waals surface area contributed by atoms with Gasteiger partial charge in [0.05, 0.1) is 18.8 Å². The van der Waals surface area contributed by atoms with Crippen LogP contribution in [-0.4, -0.2) is 27.5 Å². The van der Waals surface area contributed by atoms with Gasteiger partial charge >= 0.3 is 0 Å². The van der Waals surface area contributed by atoms with Crippen molar-refractivity contribution in [3.8, 4) is 0 Å². The highest BCUT2D eigenvalue weighted by Gasteiger charge is 2.21. The van der Waals surface area contributed by atoms with Gasteiger partial charge in [0.2, 0.25) is 0 Å². The van der Waals surface area contributed by atoms with Gasteiger partial charge in [-0.15, -0.1) is 16.7 Å². The fraction of sp³-hybridized carbons (Fsp3) is 0.467. The van der Waals surface area contributed by atoms with E-state index >= 15 is 0 Å². The molecule has 106 valence electrons. The molecule has 0 amide bonds. The number of nitrogens with zero attached hydrogens (tertiary/aromatic N) is 3. The number of aromatic nitrogens is 3. The maximum atomic E-state index is 5.89. The van der Waals surface area contributed by atoms with E-state index in [-0.39, 0.29) is 6.10 Å². The van der Waals surface area contributed by atoms with Crippen molar-refractivity contribution in [2.24, 2.45) is 0 Å². The Kier molecular flexibility index (Phi) is 4.33. The lowest BCUT2D eigenvalue weighted by molar-refractivity contribution is 0.0279. The summed E-state index contributed by atoms with van der Waals surface area (Å²) in [5.41, 5.74) is 3.65. The highest BCUT2D eigenvalue weighted by Crippen LogP contribution is 2.27. The van der Waals surface area contributed by atoms with Crippen LogP contribution in [0.5, 0.6) is 0 Å². The average Bonchev–Trinajstić information content (AvgIpc) is 2.93. The zero-order valence-corrected chi connectivity index (χ0v) is 12.1. The lowest BCUT2D eigenvalue weighted by atomic mass is 9.98. The van der Waals surface area contributed by atoms with E-state index in [0.29, 0.717) is 12.4 Å². The van der Waals surface area contributed by atoms with E-state index in [9.17, 15) is 0 Å². The van der Waals surface area contributed by atoms with E-state index in [1.54, 1.807) is 0 Å². The summed E-state index contributed by atoms with van der Waals surface area (Å²) >= 11 is 5.70. The topological polar surface area (TPSA) is 39.9 Å². The monoisotopic (exact) mass is 291 g/mol. The molecule has 1 aliphatic rings. The first-order chi connectivity index (χ1) is 9.86. The van der Waals surface area contributed by atoms with Crippen molar-refractivity contribution in [3.05, 3.63) is 47.3 Å². The zero-order chi connectivity index (χ0) is 13.8. The Morgan fingerprint density at radius 1 is 1.35 bits per heavy atom. The third-order valence-corrected chi connectivity index (χ3v) is 3.87. The van der Waals surface area contributed by atoms with Gasteiger partial charge < -0.3 is 4.74 Å². The predicted molar refractivity (Wildman–Crippen MR) is 77.9 cm³/mol. The Balaban J connectivity index is 1.71. The van der Waals surface area contributed by atoms with Crippen LogP contribution in [-0.2, 0) is 24.1 Å². The summed E-state index contributed by atoms with van der Waals surface area (Å²) in [4.78, 5) is 0. The first-order valence-electron chi connectivity index (χ1n) is 7.01. The van der Waals surface area contributed by atoms with E-state index < -0.39 is 0 Å². The molecular formula is C15H18ClN3O. The molecule has 1 aliphatic heterocycles. The number of ether oxygens (including phenoxy) is 1. The van der Waals surface area contributed by atoms with Gasteiger partial charge in [0.15, 0.2) is 0 Å². The maximum absolute atomic E-state index is 5.89. The molecule has 0 aliphatic carbocycles. The molecule has 0 bridgehead atoms. The number of aryl methyl sites for hydroxylation is 1. The van der Waals surface area contributed by atoms with Gasteiger partial charge in [-0.3, -0.25) is 0 Å². The summed E-state index contributed by atoms with van der Waals surface area (Å²) in [6, 6.07) is 8.47. The van der Waals surface area contributed by atoms with Gasteiger partial charge in [-0.2, -0.15) is 0 Å². The van der Waals surface area contributed by atoms with Crippen molar-refractivity contribution >= 4 is 11.6 Å². The minimum atomic E-state index is 0.0718. The summed E-state index contributed by atoms with van der Waals surface area (Å²) in [6.45, 7) is 1.49. The molecule has 0 N–H and O–H groups in total. The highest BCUT2D eigenvalue weighted by atomic mass is 35.5. The molecule has 1 aromatic heterocycles. The lowest BCUT2D eigenvalue weighted by Crippen LogP contribution is -2.20. The van der Waals surface area contributed by atoms with E-state index in [4.69, 9.17) is 16.3 Å². The molecule has 2 aromatic rings. The van der Waals surface area contributed by atoms with Crippen molar-refractivity contribution in [3.63, 3.8) is 0 Å². The quantitative estimate of drug-likeness (QED) is 0.795. The maximum Gasteiger partial charge on any atom is 0.102 e. The molecule has 1 aromatic carbocycles. The van der Waals surface area contributed by atoms with Crippen LogP contribution in [0, 0.1) is 0 Å². The summed E-state index contributed by atoms with van der Waals surface area (Å²) in [6.07, 6.45) is 4.87. The second-order valence-corrected chi connectivity index (χ2v) is 5.41. The van der Waals surface area contributed by atoms with Gasteiger partial charge in [0.1, 0.15) is 6.10 Å². The molecule has 0 spiro atoms. The second-order valence-electron chi connectivity index (χ2n) is 5.03. The SMILES string of the molecule is ClCCCc1cn(CC2OCCc3ccccc32)nn1. The average molecular weight is 292 g/mol. The van der Waals surface area contributed by atoms with E-state index in [1.807, 2.05) is 10.9 Å². The number of alkyl halides is 1. The number of hydrogen-bond acceptors (Lipinski definition) is 3. The molecule has 0 fully saturated rings. The molecule has 20 heavy (non-hydrogen) atoms. The van der Waals surface area contributed by atoms with Crippen molar-refractivity contribution in [2.45, 2.75) is 31.9 Å². The van der Waals surface area contributed by atoms with Crippen LogP contribution >= 0.6 is 11.6 Å². The Labute approximate surface area is 123 Å². The molecule has 0 saturated heterocycles. The van der Waals surface area contributed by atoms with Crippen molar-refractivity contribution in [2.75, 3.05) is 12.5 Å². The minimum absolute atomic E-state index is 0.0718. The number of rotatable bonds is 5. The Hall–Kier alpha value is -1.39. The molecule has 1 atom stereocenters. The third kappa shape index (κ3) is 3.02. The first-order valence-corrected chi connectivity index (χ1v) is 7.54. The van der Waals surface area contributed by atoms with Gasteiger partial charge in [-0.25, -0.2) is 4.68 Å². The van der Waals surface area contributed by atoms with Crippen LogP contribution in [0.2, 0.25) is 0 Å². The van der Waals surface area contributed by atoms with Gasteiger partial charge in [0, 0.05) is 12.1 Å². The van der Waals surface area contributed by atoms with Crippen LogP contribution < -0.4 is 0 Å². The zero-order valence-electron chi connectivity index (χ0n) is 11.3. The van der Waals surface area contributed by atoms with Crippen molar-refractivity contribution in [1.82, 2.24) is 15.0 Å². The molecular weight excluding hydrogens is 274 g/mol.